The molecule has 0 unspecified atom stereocenters. The van der Waals surface area contributed by atoms with Gasteiger partial charge in [0.1, 0.15) is 10.8 Å². The SMILES string of the molecule is Cc1nn(-c2ccccc2)c(Cl)c1C=NNc1ccc([N+](=O)[O-])cc1[N+](=O)[O-]. The number of halogens is 1. The molecule has 0 aliphatic rings. The van der Waals surface area contributed by atoms with Gasteiger partial charge in [-0.3, -0.25) is 25.7 Å². The number of aryl methyl sites for hydroxylation is 1. The van der Waals surface area contributed by atoms with Crippen molar-refractivity contribution in [1.82, 2.24) is 9.78 Å². The number of aromatic nitrogens is 2. The molecule has 11 heteroatoms. The summed E-state index contributed by atoms with van der Waals surface area (Å²) in [6.45, 7) is 1.75. The van der Waals surface area contributed by atoms with Crippen LogP contribution in [0, 0.1) is 27.2 Å². The van der Waals surface area contributed by atoms with E-state index in [9.17, 15) is 20.2 Å². The third kappa shape index (κ3) is 3.81. The maximum Gasteiger partial charge on any atom is 0.301 e. The van der Waals surface area contributed by atoms with Crippen LogP contribution in [0.2, 0.25) is 5.15 Å². The number of anilines is 1. The highest BCUT2D eigenvalue weighted by Gasteiger charge is 2.19. The topological polar surface area (TPSA) is 128 Å². The molecule has 0 aliphatic heterocycles. The molecule has 3 aromatic rings. The van der Waals surface area contributed by atoms with Crippen LogP contribution in [0.5, 0.6) is 0 Å². The molecule has 0 saturated carbocycles. The lowest BCUT2D eigenvalue weighted by Crippen LogP contribution is -1.99. The molecular formula is C17H13ClN6O4. The predicted molar refractivity (Wildman–Crippen MR) is 104 cm³/mol. The number of nitro benzene ring substituents is 2. The van der Waals surface area contributed by atoms with Crippen LogP contribution in [0.3, 0.4) is 0 Å². The second kappa shape index (κ2) is 7.84. The summed E-state index contributed by atoms with van der Waals surface area (Å²) in [5, 5.41) is 30.6. The van der Waals surface area contributed by atoms with E-state index in [0.29, 0.717) is 16.4 Å². The molecule has 1 aromatic heterocycles. The Kier molecular flexibility index (Phi) is 5.32. The number of rotatable bonds is 6. The molecule has 1 N–H and O–H groups in total. The molecule has 0 saturated heterocycles. The summed E-state index contributed by atoms with van der Waals surface area (Å²) >= 11 is 6.38. The number of nitrogens with zero attached hydrogens (tertiary/aromatic N) is 5. The fourth-order valence-electron chi connectivity index (χ4n) is 2.44. The summed E-state index contributed by atoms with van der Waals surface area (Å²) < 4.78 is 1.55. The van der Waals surface area contributed by atoms with E-state index in [1.807, 2.05) is 30.3 Å². The normalized spacial score (nSPS) is 10.9. The Hall–Kier alpha value is -3.79. The zero-order valence-electron chi connectivity index (χ0n) is 14.4. The van der Waals surface area contributed by atoms with Crippen LogP contribution in [0.15, 0.2) is 53.6 Å². The van der Waals surface area contributed by atoms with E-state index in [1.165, 1.54) is 12.3 Å². The zero-order chi connectivity index (χ0) is 20.3. The number of hydrazone groups is 1. The zero-order valence-corrected chi connectivity index (χ0v) is 15.2. The van der Waals surface area contributed by atoms with Gasteiger partial charge in [0, 0.05) is 6.07 Å². The second-order valence-electron chi connectivity index (χ2n) is 5.62. The lowest BCUT2D eigenvalue weighted by Gasteiger charge is -2.02. The van der Waals surface area contributed by atoms with Crippen LogP contribution in [0.1, 0.15) is 11.3 Å². The van der Waals surface area contributed by atoms with Crippen molar-refractivity contribution in [3.05, 3.63) is 85.2 Å². The molecule has 0 aliphatic carbocycles. The lowest BCUT2D eigenvalue weighted by atomic mass is 10.2. The molecule has 0 amide bonds. The minimum Gasteiger partial charge on any atom is -0.272 e. The second-order valence-corrected chi connectivity index (χ2v) is 5.98. The van der Waals surface area contributed by atoms with Gasteiger partial charge in [-0.05, 0) is 25.1 Å². The van der Waals surface area contributed by atoms with E-state index < -0.39 is 15.5 Å². The highest BCUT2D eigenvalue weighted by Crippen LogP contribution is 2.29. The predicted octanol–water partition coefficient (Wildman–Crippen LogP) is 4.10. The van der Waals surface area contributed by atoms with E-state index in [-0.39, 0.29) is 11.4 Å². The third-order valence-corrected chi connectivity index (χ3v) is 4.18. The van der Waals surface area contributed by atoms with Gasteiger partial charge >= 0.3 is 5.69 Å². The largest absolute Gasteiger partial charge is 0.301 e. The van der Waals surface area contributed by atoms with Gasteiger partial charge in [0.2, 0.25) is 0 Å². The number of hydrogen-bond acceptors (Lipinski definition) is 7. The first-order chi connectivity index (χ1) is 13.4. The van der Waals surface area contributed by atoms with E-state index in [4.69, 9.17) is 11.6 Å². The van der Waals surface area contributed by atoms with Crippen LogP contribution < -0.4 is 5.43 Å². The van der Waals surface area contributed by atoms with E-state index >= 15 is 0 Å². The van der Waals surface area contributed by atoms with Crippen LogP contribution in [0.25, 0.3) is 5.69 Å². The quantitative estimate of drug-likeness (QED) is 0.377. The van der Waals surface area contributed by atoms with Crippen molar-refractivity contribution in [2.24, 2.45) is 5.10 Å². The first-order valence-electron chi connectivity index (χ1n) is 7.91. The highest BCUT2D eigenvalue weighted by molar-refractivity contribution is 6.32. The smallest absolute Gasteiger partial charge is 0.272 e. The number of hydrogen-bond donors (Lipinski definition) is 1. The number of para-hydroxylation sites is 1. The highest BCUT2D eigenvalue weighted by atomic mass is 35.5. The van der Waals surface area contributed by atoms with Gasteiger partial charge in [-0.25, -0.2) is 4.68 Å². The van der Waals surface area contributed by atoms with Crippen LogP contribution in [-0.2, 0) is 0 Å². The van der Waals surface area contributed by atoms with Crippen LogP contribution in [-0.4, -0.2) is 25.8 Å². The average molecular weight is 401 g/mol. The molecule has 0 bridgehead atoms. The molecular weight excluding hydrogens is 388 g/mol. The number of benzene rings is 2. The van der Waals surface area contributed by atoms with Crippen molar-refractivity contribution in [3.63, 3.8) is 0 Å². The van der Waals surface area contributed by atoms with Gasteiger partial charge in [0.25, 0.3) is 5.69 Å². The van der Waals surface area contributed by atoms with Gasteiger partial charge in [0.15, 0.2) is 0 Å². The molecule has 0 fully saturated rings. The first-order valence-corrected chi connectivity index (χ1v) is 8.28. The van der Waals surface area contributed by atoms with Crippen molar-refractivity contribution in [3.8, 4) is 5.69 Å². The molecule has 28 heavy (non-hydrogen) atoms. The van der Waals surface area contributed by atoms with Crippen molar-refractivity contribution >= 4 is 34.9 Å². The lowest BCUT2D eigenvalue weighted by molar-refractivity contribution is -0.393. The summed E-state index contributed by atoms with van der Waals surface area (Å²) in [7, 11) is 0. The van der Waals surface area contributed by atoms with E-state index in [0.717, 1.165) is 17.8 Å². The van der Waals surface area contributed by atoms with Gasteiger partial charge < -0.3 is 0 Å². The number of nitro groups is 2. The minimum absolute atomic E-state index is 0.0103. The molecule has 0 atom stereocenters. The molecule has 0 radical (unpaired) electrons. The van der Waals surface area contributed by atoms with Crippen molar-refractivity contribution in [1.29, 1.82) is 0 Å². The van der Waals surface area contributed by atoms with Gasteiger partial charge in [0.05, 0.1) is 39.1 Å². The maximum absolute atomic E-state index is 11.2. The summed E-state index contributed by atoms with van der Waals surface area (Å²) in [6, 6.07) is 12.5. The van der Waals surface area contributed by atoms with Gasteiger partial charge in [-0.15, -0.1) is 0 Å². The van der Waals surface area contributed by atoms with Crippen LogP contribution >= 0.6 is 11.6 Å². The van der Waals surface area contributed by atoms with Crippen molar-refractivity contribution in [2.45, 2.75) is 6.92 Å². The maximum atomic E-state index is 11.2. The Balaban J connectivity index is 1.87. The Morgan fingerprint density at radius 1 is 1.14 bits per heavy atom. The van der Waals surface area contributed by atoms with Crippen LogP contribution in [0.4, 0.5) is 17.1 Å². The van der Waals surface area contributed by atoms with Crippen molar-refractivity contribution in [2.75, 3.05) is 5.43 Å². The molecule has 10 nitrogen and oxygen atoms in total. The first kappa shape index (κ1) is 19.0. The van der Waals surface area contributed by atoms with Gasteiger partial charge in [-0.1, -0.05) is 29.8 Å². The monoisotopic (exact) mass is 400 g/mol. The molecule has 142 valence electrons. The minimum atomic E-state index is -0.726. The van der Waals surface area contributed by atoms with Gasteiger partial charge in [-0.2, -0.15) is 10.2 Å². The molecule has 1 heterocycles. The van der Waals surface area contributed by atoms with Crippen molar-refractivity contribution < 1.29 is 9.85 Å². The average Bonchev–Trinajstić information content (AvgIpc) is 2.96. The summed E-state index contributed by atoms with van der Waals surface area (Å²) in [5.74, 6) is 0. The Bertz CT molecular complexity index is 1080. The number of nitrogens with one attached hydrogen (secondary N) is 1. The van der Waals surface area contributed by atoms with E-state index in [2.05, 4.69) is 15.6 Å². The fourth-order valence-corrected chi connectivity index (χ4v) is 2.76. The fraction of sp³-hybridized carbons (Fsp3) is 0.0588. The molecule has 3 rings (SSSR count). The summed E-state index contributed by atoms with van der Waals surface area (Å²) in [5.41, 5.74) is 3.60. The Labute approximate surface area is 163 Å². The standard InChI is InChI=1S/C17H13ClN6O4/c1-11-14(17(18)22(21-11)12-5-3-2-4-6-12)10-19-20-15-8-7-13(23(25)26)9-16(15)24(27)28/h2-10,20H,1H3. The summed E-state index contributed by atoms with van der Waals surface area (Å²) in [4.78, 5) is 20.5. The molecule has 0 spiro atoms. The number of non-ortho nitro benzene ring substituents is 1. The molecule has 2 aromatic carbocycles. The third-order valence-electron chi connectivity index (χ3n) is 3.82. The Morgan fingerprint density at radius 3 is 2.50 bits per heavy atom. The summed E-state index contributed by atoms with van der Waals surface area (Å²) in [6.07, 6.45) is 1.38. The Morgan fingerprint density at radius 2 is 1.86 bits per heavy atom. The van der Waals surface area contributed by atoms with E-state index in [1.54, 1.807) is 11.6 Å².